The number of rotatable bonds is 2. The zero-order valence-corrected chi connectivity index (χ0v) is 10.7. The molecule has 2 aromatic heterocycles. The van der Waals surface area contributed by atoms with Crippen molar-refractivity contribution in [1.82, 2.24) is 20.4 Å². The molecule has 86 valence electrons. The van der Waals surface area contributed by atoms with Gasteiger partial charge < -0.3 is 9.15 Å². The largest absolute Gasteiger partial charge is 0.480 e. The van der Waals surface area contributed by atoms with Gasteiger partial charge in [-0.1, -0.05) is 13.8 Å². The molecule has 0 saturated heterocycles. The Balaban J connectivity index is 0.000000606. The molecule has 0 aliphatic rings. The van der Waals surface area contributed by atoms with E-state index in [-0.39, 0.29) is 0 Å². The van der Waals surface area contributed by atoms with Crippen molar-refractivity contribution in [2.45, 2.75) is 13.8 Å². The molecule has 0 atom stereocenters. The molecule has 2 heterocycles. The molecule has 2 rings (SSSR count). The van der Waals surface area contributed by atoms with Crippen molar-refractivity contribution in [3.63, 3.8) is 0 Å². The molecule has 0 aliphatic carbocycles. The highest BCUT2D eigenvalue weighted by Crippen LogP contribution is 2.18. The van der Waals surface area contributed by atoms with E-state index in [4.69, 9.17) is 9.15 Å². The van der Waals surface area contributed by atoms with Crippen LogP contribution in [0.2, 0.25) is 0 Å². The quantitative estimate of drug-likeness (QED) is 0.843. The van der Waals surface area contributed by atoms with Crippen LogP contribution in [0.15, 0.2) is 21.3 Å². The van der Waals surface area contributed by atoms with E-state index in [9.17, 15) is 0 Å². The Morgan fingerprint density at radius 3 is 2.31 bits per heavy atom. The fourth-order valence-corrected chi connectivity index (χ4v) is 1.08. The van der Waals surface area contributed by atoms with Crippen LogP contribution >= 0.6 is 15.9 Å². The van der Waals surface area contributed by atoms with Crippen molar-refractivity contribution in [2.75, 3.05) is 7.11 Å². The summed E-state index contributed by atoms with van der Waals surface area (Å²) >= 11 is 3.04. The van der Waals surface area contributed by atoms with Gasteiger partial charge >= 0.3 is 0 Å². The molecule has 7 heteroatoms. The average molecular weight is 287 g/mol. The molecule has 0 amide bonds. The van der Waals surface area contributed by atoms with E-state index in [2.05, 4.69) is 36.3 Å². The number of ether oxygens (including phenoxy) is 1. The molecule has 16 heavy (non-hydrogen) atoms. The van der Waals surface area contributed by atoms with Crippen molar-refractivity contribution in [2.24, 2.45) is 0 Å². The van der Waals surface area contributed by atoms with Crippen molar-refractivity contribution in [1.29, 1.82) is 0 Å². The third kappa shape index (κ3) is 2.99. The highest BCUT2D eigenvalue weighted by Gasteiger charge is 2.08. The molecule has 0 spiro atoms. The second kappa shape index (κ2) is 6.16. The third-order valence-corrected chi connectivity index (χ3v) is 1.79. The molecule has 0 aromatic carbocycles. The van der Waals surface area contributed by atoms with Crippen LogP contribution in [0.1, 0.15) is 13.8 Å². The van der Waals surface area contributed by atoms with Gasteiger partial charge in [-0.3, -0.25) is 0 Å². The second-order valence-corrected chi connectivity index (χ2v) is 3.00. The zero-order valence-electron chi connectivity index (χ0n) is 9.14. The maximum Gasteiger partial charge on any atom is 0.285 e. The SMILES string of the molecule is CC.COc1ccc(-c2nnc(Br)o2)nn1. The summed E-state index contributed by atoms with van der Waals surface area (Å²) in [5.41, 5.74) is 0.504. The van der Waals surface area contributed by atoms with Gasteiger partial charge in [-0.25, -0.2) is 0 Å². The van der Waals surface area contributed by atoms with Crippen LogP contribution in [0.3, 0.4) is 0 Å². The Morgan fingerprint density at radius 1 is 1.12 bits per heavy atom. The van der Waals surface area contributed by atoms with Crippen LogP contribution in [0.4, 0.5) is 0 Å². The van der Waals surface area contributed by atoms with E-state index < -0.39 is 0 Å². The molecule has 0 unspecified atom stereocenters. The van der Waals surface area contributed by atoms with Crippen molar-refractivity contribution in [3.05, 3.63) is 16.9 Å². The van der Waals surface area contributed by atoms with Crippen LogP contribution in [0, 0.1) is 0 Å². The summed E-state index contributed by atoms with van der Waals surface area (Å²) in [5, 5.41) is 15.0. The Labute approximate surface area is 101 Å². The van der Waals surface area contributed by atoms with Gasteiger partial charge in [-0.15, -0.1) is 20.4 Å². The van der Waals surface area contributed by atoms with E-state index >= 15 is 0 Å². The Kier molecular flexibility index (Phi) is 4.84. The molecule has 0 N–H and O–H groups in total. The van der Waals surface area contributed by atoms with Gasteiger partial charge in [-0.05, 0) is 6.07 Å². The molecular weight excluding hydrogens is 276 g/mol. The first kappa shape index (κ1) is 12.6. The van der Waals surface area contributed by atoms with Gasteiger partial charge in [-0.2, -0.15) is 0 Å². The third-order valence-electron chi connectivity index (χ3n) is 1.47. The number of halogens is 1. The van der Waals surface area contributed by atoms with Gasteiger partial charge in [0.05, 0.1) is 7.11 Å². The smallest absolute Gasteiger partial charge is 0.285 e. The van der Waals surface area contributed by atoms with E-state index in [0.717, 1.165) is 0 Å². The number of hydrogen-bond acceptors (Lipinski definition) is 6. The first-order chi connectivity index (χ1) is 7.79. The summed E-state index contributed by atoms with van der Waals surface area (Å²) in [5.74, 6) is 0.749. The first-order valence-electron chi connectivity index (χ1n) is 4.66. The van der Waals surface area contributed by atoms with E-state index in [1.54, 1.807) is 12.1 Å². The molecule has 0 bridgehead atoms. The predicted octanol–water partition coefficient (Wildman–Crippen LogP) is 2.32. The predicted molar refractivity (Wildman–Crippen MR) is 60.9 cm³/mol. The molecule has 6 nitrogen and oxygen atoms in total. The van der Waals surface area contributed by atoms with Crippen molar-refractivity contribution >= 4 is 15.9 Å². The lowest BCUT2D eigenvalue weighted by molar-refractivity contribution is 0.392. The monoisotopic (exact) mass is 286 g/mol. The van der Waals surface area contributed by atoms with Gasteiger partial charge in [0.25, 0.3) is 10.7 Å². The van der Waals surface area contributed by atoms with Crippen molar-refractivity contribution in [3.8, 4) is 17.5 Å². The normalized spacial score (nSPS) is 9.25. The maximum absolute atomic E-state index is 5.09. The van der Waals surface area contributed by atoms with E-state index in [1.165, 1.54) is 7.11 Å². The van der Waals surface area contributed by atoms with Crippen LogP contribution in [-0.4, -0.2) is 27.5 Å². The summed E-state index contributed by atoms with van der Waals surface area (Å²) in [7, 11) is 1.52. The topological polar surface area (TPSA) is 73.9 Å². The highest BCUT2D eigenvalue weighted by molar-refractivity contribution is 9.10. The Hall–Kier alpha value is -1.50. The average Bonchev–Trinajstić information content (AvgIpc) is 2.79. The van der Waals surface area contributed by atoms with E-state index in [1.807, 2.05) is 13.8 Å². The Morgan fingerprint density at radius 2 is 1.88 bits per heavy atom. The minimum absolute atomic E-state index is 0.310. The van der Waals surface area contributed by atoms with Gasteiger partial charge in [0.2, 0.25) is 5.88 Å². The van der Waals surface area contributed by atoms with Crippen LogP contribution in [-0.2, 0) is 0 Å². The fraction of sp³-hybridized carbons (Fsp3) is 0.333. The molecule has 2 aromatic rings. The Bertz CT molecular complexity index is 429. The number of aromatic nitrogens is 4. The summed E-state index contributed by atoms with van der Waals surface area (Å²) < 4.78 is 9.95. The number of nitrogens with zero attached hydrogens (tertiary/aromatic N) is 4. The zero-order chi connectivity index (χ0) is 12.0. The lowest BCUT2D eigenvalue weighted by Gasteiger charge is -1.96. The summed E-state index contributed by atoms with van der Waals surface area (Å²) in [4.78, 5) is 0.310. The molecular formula is C9H11BrN4O2. The lowest BCUT2D eigenvalue weighted by atomic mass is 10.4. The molecule has 0 fully saturated rings. The van der Waals surface area contributed by atoms with Gasteiger partial charge in [0.15, 0.2) is 5.69 Å². The summed E-state index contributed by atoms with van der Waals surface area (Å²) in [6.45, 7) is 4.00. The van der Waals surface area contributed by atoms with Crippen LogP contribution in [0.5, 0.6) is 5.88 Å². The number of hydrogen-bond donors (Lipinski definition) is 0. The summed E-state index contributed by atoms with van der Waals surface area (Å²) in [6.07, 6.45) is 0. The fourth-order valence-electron chi connectivity index (χ4n) is 0.852. The van der Waals surface area contributed by atoms with Gasteiger partial charge in [0, 0.05) is 22.0 Å². The maximum atomic E-state index is 5.09. The van der Waals surface area contributed by atoms with Gasteiger partial charge in [0.1, 0.15) is 0 Å². The standard InChI is InChI=1S/C7H5BrN4O2.C2H6/c1-13-5-3-2-4(9-10-5)6-11-12-7(8)14-6;1-2/h2-3H,1H3;1-2H3. The highest BCUT2D eigenvalue weighted by atomic mass is 79.9. The first-order valence-corrected chi connectivity index (χ1v) is 5.46. The van der Waals surface area contributed by atoms with Crippen molar-refractivity contribution < 1.29 is 9.15 Å². The minimum Gasteiger partial charge on any atom is -0.480 e. The second-order valence-electron chi connectivity index (χ2n) is 2.32. The molecule has 0 saturated carbocycles. The molecule has 0 radical (unpaired) electrons. The molecule has 0 aliphatic heterocycles. The minimum atomic E-state index is 0.310. The van der Waals surface area contributed by atoms with Crippen LogP contribution < -0.4 is 4.74 Å². The lowest BCUT2D eigenvalue weighted by Crippen LogP contribution is -1.91. The van der Waals surface area contributed by atoms with E-state index in [0.29, 0.717) is 22.3 Å². The van der Waals surface area contributed by atoms with Crippen LogP contribution in [0.25, 0.3) is 11.6 Å². The number of methoxy groups -OCH3 is 1. The summed E-state index contributed by atoms with van der Waals surface area (Å²) in [6, 6.07) is 3.35.